The zero-order chi connectivity index (χ0) is 13.9. The summed E-state index contributed by atoms with van der Waals surface area (Å²) >= 11 is 1.87. The molecule has 1 fully saturated rings. The Kier molecular flexibility index (Phi) is 4.68. The second kappa shape index (κ2) is 6.50. The van der Waals surface area contributed by atoms with Gasteiger partial charge in [0.25, 0.3) is 6.43 Å². The van der Waals surface area contributed by atoms with E-state index in [9.17, 15) is 8.78 Å². The number of alkyl halides is 2. The topological polar surface area (TPSA) is 15.3 Å². The number of halogens is 2. The van der Waals surface area contributed by atoms with Gasteiger partial charge in [0, 0.05) is 17.0 Å². The molecule has 0 saturated carbocycles. The molecule has 5 heteroatoms. The van der Waals surface area contributed by atoms with Gasteiger partial charge in [-0.15, -0.1) is 11.3 Å². The summed E-state index contributed by atoms with van der Waals surface area (Å²) < 4.78 is 24.7. The Labute approximate surface area is 123 Å². The van der Waals surface area contributed by atoms with Gasteiger partial charge in [0.1, 0.15) is 0 Å². The zero-order valence-electron chi connectivity index (χ0n) is 11.7. The molecule has 20 heavy (non-hydrogen) atoms. The van der Waals surface area contributed by atoms with Gasteiger partial charge in [-0.1, -0.05) is 0 Å². The minimum absolute atomic E-state index is 0.0647. The maximum atomic E-state index is 12.4. The largest absolute Gasteiger partial charge is 0.307 e. The summed E-state index contributed by atoms with van der Waals surface area (Å²) in [6, 6.07) is 3.22. The smallest absolute Gasteiger partial charge is 0.251 e. The van der Waals surface area contributed by atoms with Crippen LogP contribution in [0.15, 0.2) is 11.4 Å². The normalized spacial score (nSPS) is 25.1. The molecule has 1 aliphatic heterocycles. The molecule has 0 aromatic carbocycles. The van der Waals surface area contributed by atoms with Crippen molar-refractivity contribution in [1.29, 1.82) is 0 Å². The fourth-order valence-electron chi connectivity index (χ4n) is 3.42. The van der Waals surface area contributed by atoms with Crippen molar-refractivity contribution in [2.75, 3.05) is 19.6 Å². The molecule has 0 amide bonds. The first-order valence-corrected chi connectivity index (χ1v) is 8.43. The summed E-state index contributed by atoms with van der Waals surface area (Å²) in [4.78, 5) is 3.42. The number of nitrogens with zero attached hydrogens (tertiary/aromatic N) is 1. The van der Waals surface area contributed by atoms with Crippen molar-refractivity contribution in [1.82, 2.24) is 10.2 Å². The van der Waals surface area contributed by atoms with Crippen molar-refractivity contribution < 1.29 is 8.78 Å². The van der Waals surface area contributed by atoms with E-state index >= 15 is 0 Å². The first-order valence-electron chi connectivity index (χ1n) is 7.55. The number of fused-ring (bicyclic) bond motifs is 1. The molecule has 2 heterocycles. The molecular formula is C15H22F2N2S. The van der Waals surface area contributed by atoms with Crippen LogP contribution in [0.1, 0.15) is 42.2 Å². The first-order chi connectivity index (χ1) is 9.72. The van der Waals surface area contributed by atoms with Crippen LogP contribution in [0.3, 0.4) is 0 Å². The molecule has 0 radical (unpaired) electrons. The summed E-state index contributed by atoms with van der Waals surface area (Å²) in [5.41, 5.74) is 1.48. The lowest BCUT2D eigenvalue weighted by molar-refractivity contribution is 0.0718. The van der Waals surface area contributed by atoms with E-state index in [1.165, 1.54) is 29.7 Å². The van der Waals surface area contributed by atoms with Crippen molar-refractivity contribution in [3.63, 3.8) is 0 Å². The van der Waals surface area contributed by atoms with Crippen LogP contribution in [-0.4, -0.2) is 37.0 Å². The quantitative estimate of drug-likeness (QED) is 0.916. The molecular weight excluding hydrogens is 278 g/mol. The number of piperidine rings is 1. The molecule has 0 spiro atoms. The molecule has 1 atom stereocenters. The maximum Gasteiger partial charge on any atom is 0.251 e. The predicted octanol–water partition coefficient (Wildman–Crippen LogP) is 3.44. The monoisotopic (exact) mass is 300 g/mol. The number of likely N-dealkylation sites (tertiary alicyclic amines) is 1. The second-order valence-corrected chi connectivity index (χ2v) is 6.88. The molecule has 2 nitrogen and oxygen atoms in total. The summed E-state index contributed by atoms with van der Waals surface area (Å²) in [7, 11) is 0. The van der Waals surface area contributed by atoms with Gasteiger partial charge in [-0.25, -0.2) is 8.78 Å². The number of aryl methyl sites for hydroxylation is 1. The van der Waals surface area contributed by atoms with Crippen molar-refractivity contribution in [3.05, 3.63) is 21.9 Å². The Balaban J connectivity index is 1.51. The third kappa shape index (κ3) is 3.38. The minimum atomic E-state index is -2.20. The van der Waals surface area contributed by atoms with Gasteiger partial charge in [0.05, 0.1) is 6.54 Å². The first kappa shape index (κ1) is 14.4. The van der Waals surface area contributed by atoms with Crippen LogP contribution < -0.4 is 5.32 Å². The summed E-state index contributed by atoms with van der Waals surface area (Å²) in [5, 5.41) is 5.96. The van der Waals surface area contributed by atoms with Gasteiger partial charge in [-0.05, 0) is 62.2 Å². The number of hydrogen-bond donors (Lipinski definition) is 1. The fraction of sp³-hybridized carbons (Fsp3) is 0.733. The van der Waals surface area contributed by atoms with Gasteiger partial charge in [-0.3, -0.25) is 4.90 Å². The van der Waals surface area contributed by atoms with Gasteiger partial charge in [0.2, 0.25) is 0 Å². The molecule has 1 saturated heterocycles. The highest BCUT2D eigenvalue weighted by atomic mass is 32.1. The number of nitrogens with one attached hydrogen (secondary N) is 1. The van der Waals surface area contributed by atoms with Crippen LogP contribution >= 0.6 is 11.3 Å². The van der Waals surface area contributed by atoms with Crippen LogP contribution in [0.5, 0.6) is 0 Å². The molecule has 1 aliphatic carbocycles. The highest BCUT2D eigenvalue weighted by molar-refractivity contribution is 7.10. The van der Waals surface area contributed by atoms with E-state index in [1.807, 2.05) is 16.2 Å². The average molecular weight is 300 g/mol. The molecule has 0 bridgehead atoms. The Hall–Kier alpha value is -0.520. The highest BCUT2D eigenvalue weighted by Crippen LogP contribution is 2.34. The second-order valence-electron chi connectivity index (χ2n) is 5.88. The lowest BCUT2D eigenvalue weighted by Gasteiger charge is -2.35. The Morgan fingerprint density at radius 2 is 2.10 bits per heavy atom. The molecule has 112 valence electrons. The predicted molar refractivity (Wildman–Crippen MR) is 78.6 cm³/mol. The number of rotatable bonds is 4. The van der Waals surface area contributed by atoms with Gasteiger partial charge in [0.15, 0.2) is 0 Å². The maximum absolute atomic E-state index is 12.4. The van der Waals surface area contributed by atoms with Crippen molar-refractivity contribution in [2.45, 2.75) is 50.6 Å². The SMILES string of the molecule is FC(F)CN1CCC(NC2CCCc3sccc32)CC1. The lowest BCUT2D eigenvalue weighted by Crippen LogP contribution is -2.45. The highest BCUT2D eigenvalue weighted by Gasteiger charge is 2.26. The van der Waals surface area contributed by atoms with Gasteiger partial charge < -0.3 is 5.32 Å². The fourth-order valence-corrected chi connectivity index (χ4v) is 4.41. The third-order valence-electron chi connectivity index (χ3n) is 4.47. The van der Waals surface area contributed by atoms with Crippen LogP contribution in [0.4, 0.5) is 8.78 Å². The van der Waals surface area contributed by atoms with Crippen LogP contribution in [-0.2, 0) is 6.42 Å². The van der Waals surface area contributed by atoms with E-state index in [4.69, 9.17) is 0 Å². The van der Waals surface area contributed by atoms with Crippen LogP contribution in [0.2, 0.25) is 0 Å². The Morgan fingerprint density at radius 1 is 1.30 bits per heavy atom. The molecule has 3 rings (SSSR count). The minimum Gasteiger partial charge on any atom is -0.307 e. The van der Waals surface area contributed by atoms with Crippen molar-refractivity contribution in [3.8, 4) is 0 Å². The molecule has 1 N–H and O–H groups in total. The Morgan fingerprint density at radius 3 is 2.85 bits per heavy atom. The summed E-state index contributed by atoms with van der Waals surface area (Å²) in [6.07, 6.45) is 3.46. The van der Waals surface area contributed by atoms with Crippen LogP contribution in [0, 0.1) is 0 Å². The van der Waals surface area contributed by atoms with Crippen molar-refractivity contribution >= 4 is 11.3 Å². The van der Waals surface area contributed by atoms with E-state index < -0.39 is 6.43 Å². The standard InChI is InChI=1S/C15H22F2N2S/c16-15(17)10-19-7-4-11(5-8-19)18-13-2-1-3-14-12(13)6-9-20-14/h6,9,11,13,15,18H,1-5,7-8,10H2. The van der Waals surface area contributed by atoms with Gasteiger partial charge >= 0.3 is 0 Å². The Bertz CT molecular complexity index is 427. The molecule has 1 aromatic heterocycles. The van der Waals surface area contributed by atoms with Gasteiger partial charge in [-0.2, -0.15) is 0 Å². The molecule has 1 unspecified atom stereocenters. The number of hydrogen-bond acceptors (Lipinski definition) is 3. The lowest BCUT2D eigenvalue weighted by atomic mass is 9.92. The zero-order valence-corrected chi connectivity index (χ0v) is 12.5. The molecule has 1 aromatic rings. The number of thiophene rings is 1. The van der Waals surface area contributed by atoms with E-state index in [2.05, 4.69) is 16.8 Å². The van der Waals surface area contributed by atoms with Crippen LogP contribution in [0.25, 0.3) is 0 Å². The summed E-state index contributed by atoms with van der Waals surface area (Å²) in [5.74, 6) is 0. The van der Waals surface area contributed by atoms with E-state index in [0.29, 0.717) is 12.1 Å². The van der Waals surface area contributed by atoms with E-state index in [0.717, 1.165) is 25.9 Å². The van der Waals surface area contributed by atoms with E-state index in [-0.39, 0.29) is 6.54 Å². The average Bonchev–Trinajstić information content (AvgIpc) is 2.90. The summed E-state index contributed by atoms with van der Waals surface area (Å²) in [6.45, 7) is 1.53. The van der Waals surface area contributed by atoms with Crippen molar-refractivity contribution in [2.24, 2.45) is 0 Å². The van der Waals surface area contributed by atoms with E-state index in [1.54, 1.807) is 0 Å². The molecule has 2 aliphatic rings. The third-order valence-corrected chi connectivity index (χ3v) is 5.47.